The molecule has 30 heavy (non-hydrogen) atoms. The fourth-order valence-electron chi connectivity index (χ4n) is 2.96. The molecule has 0 atom stereocenters. The number of pyridine rings is 1. The van der Waals surface area contributed by atoms with Crippen molar-refractivity contribution in [3.63, 3.8) is 0 Å². The number of methoxy groups -OCH3 is 1. The van der Waals surface area contributed by atoms with Gasteiger partial charge in [-0.05, 0) is 37.6 Å². The maximum Gasteiger partial charge on any atom is 0.305 e. The van der Waals surface area contributed by atoms with Crippen LogP contribution < -0.4 is 9.86 Å². The van der Waals surface area contributed by atoms with Gasteiger partial charge >= 0.3 is 5.97 Å². The molecule has 3 rings (SSSR count). The van der Waals surface area contributed by atoms with Crippen LogP contribution in [0.2, 0.25) is 0 Å². The number of esters is 1. The van der Waals surface area contributed by atoms with Crippen molar-refractivity contribution in [2.45, 2.75) is 24.7 Å². The zero-order valence-corrected chi connectivity index (χ0v) is 17.4. The van der Waals surface area contributed by atoms with Crippen LogP contribution in [0.4, 0.5) is 5.69 Å². The number of benzene rings is 1. The van der Waals surface area contributed by atoms with E-state index in [0.717, 1.165) is 0 Å². The quantitative estimate of drug-likeness (QED) is 0.546. The maximum absolute atomic E-state index is 13.0. The Kier molecular flexibility index (Phi) is 6.36. The fraction of sp³-hybridized carbons (Fsp3) is 0.250. The lowest BCUT2D eigenvalue weighted by Crippen LogP contribution is -2.31. The Morgan fingerprint density at radius 2 is 1.93 bits per heavy atom. The van der Waals surface area contributed by atoms with Crippen molar-refractivity contribution in [2.75, 3.05) is 18.0 Å². The van der Waals surface area contributed by atoms with Gasteiger partial charge in [0.2, 0.25) is 0 Å². The first-order valence-corrected chi connectivity index (χ1v) is 10.7. The van der Waals surface area contributed by atoms with Gasteiger partial charge in [-0.3, -0.25) is 19.0 Å². The third-order valence-electron chi connectivity index (χ3n) is 4.54. The molecule has 1 N–H and O–H groups in total. The van der Waals surface area contributed by atoms with E-state index < -0.39 is 16.0 Å². The van der Waals surface area contributed by atoms with Gasteiger partial charge in [0.25, 0.3) is 15.6 Å². The molecular formula is C20H22N4O5S. The predicted molar refractivity (Wildman–Crippen MR) is 111 cm³/mol. The molecule has 0 bridgehead atoms. The molecule has 0 aliphatic heterocycles. The summed E-state index contributed by atoms with van der Waals surface area (Å²) in [5.74, 6) is -0.167. The minimum Gasteiger partial charge on any atom is -0.469 e. The minimum atomic E-state index is -3.81. The number of aromatic amines is 1. The molecule has 3 aromatic rings. The van der Waals surface area contributed by atoms with Gasteiger partial charge in [-0.25, -0.2) is 18.1 Å². The first kappa shape index (κ1) is 21.3. The second-order valence-corrected chi connectivity index (χ2v) is 8.24. The zero-order valence-electron chi connectivity index (χ0n) is 16.6. The van der Waals surface area contributed by atoms with Crippen LogP contribution in [0.1, 0.15) is 18.9 Å². The number of ether oxygens (including phenoxy) is 1. The molecule has 158 valence electrons. The summed E-state index contributed by atoms with van der Waals surface area (Å²) in [5, 5.41) is 2.78. The molecule has 0 radical (unpaired) electrons. The number of hydrogen-bond acceptors (Lipinski definition) is 6. The van der Waals surface area contributed by atoms with Crippen molar-refractivity contribution in [2.24, 2.45) is 0 Å². The van der Waals surface area contributed by atoms with Crippen LogP contribution in [-0.4, -0.2) is 42.8 Å². The van der Waals surface area contributed by atoms with Crippen molar-refractivity contribution in [3.05, 3.63) is 70.8 Å². The normalized spacial score (nSPS) is 11.3. The average molecular weight is 430 g/mol. The van der Waals surface area contributed by atoms with E-state index in [4.69, 9.17) is 0 Å². The molecule has 9 nitrogen and oxygen atoms in total. The van der Waals surface area contributed by atoms with Crippen LogP contribution in [0, 0.1) is 0 Å². The highest BCUT2D eigenvalue weighted by atomic mass is 32.2. The molecule has 0 spiro atoms. The summed E-state index contributed by atoms with van der Waals surface area (Å²) in [6.07, 6.45) is 3.02. The Labute approximate surface area is 174 Å². The number of anilines is 1. The van der Waals surface area contributed by atoms with Crippen LogP contribution in [0.3, 0.4) is 0 Å². The number of H-pyrrole nitrogens is 1. The first-order valence-electron chi connectivity index (χ1n) is 9.28. The van der Waals surface area contributed by atoms with Crippen LogP contribution >= 0.6 is 0 Å². The summed E-state index contributed by atoms with van der Waals surface area (Å²) in [6, 6.07) is 11.6. The molecule has 0 aliphatic carbocycles. The van der Waals surface area contributed by atoms with Crippen LogP contribution in [-0.2, 0) is 26.0 Å². The molecule has 0 saturated carbocycles. The molecule has 0 amide bonds. The van der Waals surface area contributed by atoms with E-state index in [1.54, 1.807) is 31.2 Å². The fourth-order valence-corrected chi connectivity index (χ4v) is 4.38. The molecule has 0 saturated heterocycles. The lowest BCUT2D eigenvalue weighted by molar-refractivity contribution is -0.140. The molecule has 10 heteroatoms. The number of carbonyl (C=O) groups excluding carboxylic acids is 1. The predicted octanol–water partition coefficient (Wildman–Crippen LogP) is 1.88. The topological polar surface area (TPSA) is 114 Å². The minimum absolute atomic E-state index is 0.0162. The van der Waals surface area contributed by atoms with Crippen molar-refractivity contribution in [1.29, 1.82) is 0 Å². The largest absolute Gasteiger partial charge is 0.469 e. The van der Waals surface area contributed by atoms with E-state index in [1.165, 1.54) is 40.6 Å². The van der Waals surface area contributed by atoms with Gasteiger partial charge in [0.15, 0.2) is 5.82 Å². The monoisotopic (exact) mass is 430 g/mol. The average Bonchev–Trinajstić information content (AvgIpc) is 3.13. The van der Waals surface area contributed by atoms with Crippen molar-refractivity contribution < 1.29 is 17.9 Å². The number of aromatic nitrogens is 3. The number of carbonyl (C=O) groups is 1. The van der Waals surface area contributed by atoms with Gasteiger partial charge in [-0.2, -0.15) is 0 Å². The van der Waals surface area contributed by atoms with E-state index in [0.29, 0.717) is 11.3 Å². The Bertz CT molecular complexity index is 1170. The Balaban J connectivity index is 1.85. The van der Waals surface area contributed by atoms with Gasteiger partial charge in [0.1, 0.15) is 4.90 Å². The van der Waals surface area contributed by atoms with Gasteiger partial charge in [-0.15, -0.1) is 0 Å². The molecular weight excluding hydrogens is 408 g/mol. The molecule has 2 heterocycles. The Morgan fingerprint density at radius 1 is 1.20 bits per heavy atom. The highest BCUT2D eigenvalue weighted by Crippen LogP contribution is 2.23. The van der Waals surface area contributed by atoms with E-state index >= 15 is 0 Å². The highest BCUT2D eigenvalue weighted by molar-refractivity contribution is 7.92. The molecule has 0 fully saturated rings. The zero-order chi connectivity index (χ0) is 21.7. The summed E-state index contributed by atoms with van der Waals surface area (Å²) in [5.41, 5.74) is 0.599. The number of nitrogens with one attached hydrogen (secondary N) is 1. The van der Waals surface area contributed by atoms with Crippen LogP contribution in [0.15, 0.2) is 64.5 Å². The number of aryl methyl sites for hydroxylation is 1. The summed E-state index contributed by atoms with van der Waals surface area (Å²) < 4.78 is 33.1. The Hall–Kier alpha value is -3.40. The van der Waals surface area contributed by atoms with Gasteiger partial charge in [-0.1, -0.05) is 18.2 Å². The summed E-state index contributed by atoms with van der Waals surface area (Å²) in [6.45, 7) is 2.01. The maximum atomic E-state index is 13.0. The first-order chi connectivity index (χ1) is 14.4. The smallest absolute Gasteiger partial charge is 0.305 e. The van der Waals surface area contributed by atoms with E-state index in [2.05, 4.69) is 14.8 Å². The van der Waals surface area contributed by atoms with Crippen molar-refractivity contribution in [1.82, 2.24) is 14.8 Å². The summed E-state index contributed by atoms with van der Waals surface area (Å²) in [7, 11) is -2.52. The third kappa shape index (κ3) is 4.28. The molecule has 0 aliphatic rings. The molecule has 0 unspecified atom stereocenters. The summed E-state index contributed by atoms with van der Waals surface area (Å²) >= 11 is 0. The lowest BCUT2D eigenvalue weighted by atomic mass is 10.2. The standard InChI is InChI=1S/C20H22N4O5S/c1-3-23(16-7-5-4-6-8-16)30(27,28)17-10-11-18(21-14-17)24-20(26)15(13-22-24)9-12-19(25)29-2/h4-8,10-11,13-14,22H,3,9,12H2,1-2H3. The number of hydrogen-bond donors (Lipinski definition) is 1. The van der Waals surface area contributed by atoms with Crippen LogP contribution in [0.5, 0.6) is 0 Å². The SMILES string of the molecule is CCN(c1ccccc1)S(=O)(=O)c1ccc(-n2[nH]cc(CCC(=O)OC)c2=O)nc1. The van der Waals surface area contributed by atoms with E-state index in [1.807, 2.05) is 6.07 Å². The molecule has 2 aromatic heterocycles. The van der Waals surface area contributed by atoms with Crippen LogP contribution in [0.25, 0.3) is 5.82 Å². The second-order valence-electron chi connectivity index (χ2n) is 6.37. The highest BCUT2D eigenvalue weighted by Gasteiger charge is 2.24. The second kappa shape index (κ2) is 8.95. The number of sulfonamides is 1. The van der Waals surface area contributed by atoms with E-state index in [-0.39, 0.29) is 35.7 Å². The molecule has 1 aromatic carbocycles. The number of nitrogens with zero attached hydrogens (tertiary/aromatic N) is 3. The van der Waals surface area contributed by atoms with Crippen molar-refractivity contribution >= 4 is 21.7 Å². The Morgan fingerprint density at radius 3 is 2.53 bits per heavy atom. The number of rotatable bonds is 8. The van der Waals surface area contributed by atoms with Crippen molar-refractivity contribution in [3.8, 4) is 5.82 Å². The van der Waals surface area contributed by atoms with Gasteiger partial charge < -0.3 is 4.74 Å². The lowest BCUT2D eigenvalue weighted by Gasteiger charge is -2.22. The third-order valence-corrected chi connectivity index (χ3v) is 6.43. The van der Waals surface area contributed by atoms with Gasteiger partial charge in [0, 0.05) is 30.9 Å². The number of para-hydroxylation sites is 1. The summed E-state index contributed by atoms with van der Waals surface area (Å²) in [4.78, 5) is 27.9. The van der Waals surface area contributed by atoms with Gasteiger partial charge in [0.05, 0.1) is 12.8 Å². The van der Waals surface area contributed by atoms with E-state index in [9.17, 15) is 18.0 Å².